The third-order valence-electron chi connectivity index (χ3n) is 3.62. The Morgan fingerprint density at radius 2 is 2.00 bits per heavy atom. The molecule has 0 aliphatic carbocycles. The van der Waals surface area contributed by atoms with Crippen LogP contribution in [0.1, 0.15) is 37.8 Å². The third-order valence-corrected chi connectivity index (χ3v) is 3.62. The van der Waals surface area contributed by atoms with Crippen molar-refractivity contribution < 1.29 is 4.39 Å². The number of aliphatic imine (C=N–C) groups is 1. The van der Waals surface area contributed by atoms with Gasteiger partial charge in [0.25, 0.3) is 0 Å². The maximum atomic E-state index is 13.4. The van der Waals surface area contributed by atoms with Crippen molar-refractivity contribution in [1.82, 2.24) is 15.5 Å². The number of likely N-dealkylation sites (N-methyl/N-ethyl adjacent to an activating group) is 1. The molecular formula is C17H30FIN4. The largest absolute Gasteiger partial charge is 0.356 e. The minimum absolute atomic E-state index is 0. The lowest BCUT2D eigenvalue weighted by atomic mass is 10.1. The molecule has 0 radical (unpaired) electrons. The Kier molecular flexibility index (Phi) is 12.0. The van der Waals surface area contributed by atoms with Gasteiger partial charge in [0.2, 0.25) is 0 Å². The Bertz CT molecular complexity index is 466. The summed E-state index contributed by atoms with van der Waals surface area (Å²) in [5.41, 5.74) is 0.957. The van der Waals surface area contributed by atoms with Gasteiger partial charge in [0.15, 0.2) is 5.96 Å². The van der Waals surface area contributed by atoms with Gasteiger partial charge in [-0.05, 0) is 38.2 Å². The molecule has 1 atom stereocenters. The molecule has 132 valence electrons. The second-order valence-corrected chi connectivity index (χ2v) is 5.62. The minimum atomic E-state index is -0.202. The highest BCUT2D eigenvalue weighted by Crippen LogP contribution is 2.18. The fraction of sp³-hybridized carbons (Fsp3) is 0.588. The van der Waals surface area contributed by atoms with Gasteiger partial charge in [-0.25, -0.2) is 4.39 Å². The molecule has 1 unspecified atom stereocenters. The molecule has 0 fully saturated rings. The van der Waals surface area contributed by atoms with Gasteiger partial charge in [0.05, 0.1) is 6.04 Å². The summed E-state index contributed by atoms with van der Waals surface area (Å²) in [6.07, 6.45) is 3.56. The second-order valence-electron chi connectivity index (χ2n) is 5.62. The van der Waals surface area contributed by atoms with Crippen molar-refractivity contribution in [2.75, 3.05) is 34.2 Å². The Morgan fingerprint density at radius 1 is 1.26 bits per heavy atom. The SMILES string of the molecule is CCCCCNC(=NC)NCC(c1cccc(F)c1)N(C)C.I. The van der Waals surface area contributed by atoms with Gasteiger partial charge in [-0.15, -0.1) is 24.0 Å². The standard InChI is InChI=1S/C17H29FN4.HI/c1-5-6-7-11-20-17(19-2)21-13-16(22(3)4)14-9-8-10-15(18)12-14;/h8-10,12,16H,5-7,11,13H2,1-4H3,(H2,19,20,21);1H. The molecule has 0 aliphatic rings. The van der Waals surface area contributed by atoms with Gasteiger partial charge in [0.1, 0.15) is 5.82 Å². The number of guanidine groups is 1. The Labute approximate surface area is 157 Å². The molecule has 1 aromatic rings. The van der Waals surface area contributed by atoms with Gasteiger partial charge in [0, 0.05) is 20.1 Å². The Balaban J connectivity index is 0.00000484. The quantitative estimate of drug-likeness (QED) is 0.284. The van der Waals surface area contributed by atoms with E-state index in [1.54, 1.807) is 19.2 Å². The Morgan fingerprint density at radius 3 is 2.57 bits per heavy atom. The predicted octanol–water partition coefficient (Wildman–Crippen LogP) is 3.40. The van der Waals surface area contributed by atoms with Crippen molar-refractivity contribution >= 4 is 29.9 Å². The van der Waals surface area contributed by atoms with Crippen molar-refractivity contribution in [2.45, 2.75) is 32.2 Å². The van der Waals surface area contributed by atoms with E-state index < -0.39 is 0 Å². The highest BCUT2D eigenvalue weighted by atomic mass is 127. The molecule has 0 heterocycles. The van der Waals surface area contributed by atoms with Crippen LogP contribution in [0.4, 0.5) is 4.39 Å². The first-order valence-corrected chi connectivity index (χ1v) is 7.94. The molecule has 1 rings (SSSR count). The van der Waals surface area contributed by atoms with Crippen LogP contribution in [0, 0.1) is 5.82 Å². The lowest BCUT2D eigenvalue weighted by Gasteiger charge is -2.26. The van der Waals surface area contributed by atoms with Crippen molar-refractivity contribution in [3.63, 3.8) is 0 Å². The summed E-state index contributed by atoms with van der Waals surface area (Å²) in [4.78, 5) is 6.31. The summed E-state index contributed by atoms with van der Waals surface area (Å²) in [5, 5.41) is 6.63. The minimum Gasteiger partial charge on any atom is -0.356 e. The smallest absolute Gasteiger partial charge is 0.191 e. The van der Waals surface area contributed by atoms with Crippen LogP contribution >= 0.6 is 24.0 Å². The number of nitrogens with one attached hydrogen (secondary N) is 2. The first-order valence-electron chi connectivity index (χ1n) is 7.94. The summed E-state index contributed by atoms with van der Waals surface area (Å²) in [5.74, 6) is 0.589. The molecule has 0 spiro atoms. The van der Waals surface area contributed by atoms with Crippen LogP contribution < -0.4 is 10.6 Å². The molecule has 6 heteroatoms. The van der Waals surface area contributed by atoms with Crippen LogP contribution in [0.5, 0.6) is 0 Å². The molecule has 0 aliphatic heterocycles. The van der Waals surface area contributed by atoms with Crippen molar-refractivity contribution in [3.8, 4) is 0 Å². The summed E-state index contributed by atoms with van der Waals surface area (Å²) in [6, 6.07) is 6.85. The topological polar surface area (TPSA) is 39.7 Å². The van der Waals surface area contributed by atoms with Crippen LogP contribution in [0.3, 0.4) is 0 Å². The van der Waals surface area contributed by atoms with E-state index in [-0.39, 0.29) is 35.8 Å². The fourth-order valence-electron chi connectivity index (χ4n) is 2.31. The summed E-state index contributed by atoms with van der Waals surface area (Å²) in [7, 11) is 5.76. The highest BCUT2D eigenvalue weighted by Gasteiger charge is 2.15. The number of nitrogens with zero attached hydrogens (tertiary/aromatic N) is 2. The lowest BCUT2D eigenvalue weighted by molar-refractivity contribution is 0.297. The highest BCUT2D eigenvalue weighted by molar-refractivity contribution is 14.0. The molecule has 0 bridgehead atoms. The molecule has 2 N–H and O–H groups in total. The van der Waals surface area contributed by atoms with E-state index >= 15 is 0 Å². The molecule has 4 nitrogen and oxygen atoms in total. The van der Waals surface area contributed by atoms with Crippen molar-refractivity contribution in [2.24, 2.45) is 4.99 Å². The van der Waals surface area contributed by atoms with Gasteiger partial charge in [-0.3, -0.25) is 4.99 Å². The van der Waals surface area contributed by atoms with Crippen LogP contribution in [0.15, 0.2) is 29.3 Å². The monoisotopic (exact) mass is 436 g/mol. The number of rotatable bonds is 8. The van der Waals surface area contributed by atoms with Crippen LogP contribution in [-0.2, 0) is 0 Å². The van der Waals surface area contributed by atoms with Crippen molar-refractivity contribution in [3.05, 3.63) is 35.6 Å². The first kappa shape index (κ1) is 22.1. The molecule has 0 aromatic heterocycles. The van der Waals surface area contributed by atoms with Crippen LogP contribution in [-0.4, -0.2) is 45.1 Å². The average Bonchev–Trinajstić information content (AvgIpc) is 2.49. The second kappa shape index (κ2) is 12.5. The zero-order chi connectivity index (χ0) is 16.4. The molecule has 0 amide bonds. The average molecular weight is 436 g/mol. The van der Waals surface area contributed by atoms with Crippen molar-refractivity contribution in [1.29, 1.82) is 0 Å². The lowest BCUT2D eigenvalue weighted by Crippen LogP contribution is -2.42. The zero-order valence-corrected chi connectivity index (χ0v) is 16.9. The number of halogens is 2. The number of benzene rings is 1. The number of hydrogen-bond acceptors (Lipinski definition) is 2. The first-order chi connectivity index (χ1) is 10.6. The molecular weight excluding hydrogens is 406 g/mol. The fourth-order valence-corrected chi connectivity index (χ4v) is 2.31. The van der Waals surface area contributed by atoms with Gasteiger partial charge in [-0.1, -0.05) is 31.9 Å². The maximum absolute atomic E-state index is 13.4. The summed E-state index contributed by atoms with van der Waals surface area (Å²) in [6.45, 7) is 3.78. The van der Waals surface area contributed by atoms with E-state index in [0.717, 1.165) is 24.5 Å². The van der Waals surface area contributed by atoms with Gasteiger partial charge < -0.3 is 15.5 Å². The van der Waals surface area contributed by atoms with Gasteiger partial charge in [-0.2, -0.15) is 0 Å². The number of hydrogen-bond donors (Lipinski definition) is 2. The van der Waals surface area contributed by atoms with E-state index in [9.17, 15) is 4.39 Å². The van der Waals surface area contributed by atoms with Crippen LogP contribution in [0.25, 0.3) is 0 Å². The van der Waals surface area contributed by atoms with E-state index in [4.69, 9.17) is 0 Å². The summed E-state index contributed by atoms with van der Waals surface area (Å²) >= 11 is 0. The number of unbranched alkanes of at least 4 members (excludes halogenated alkanes) is 2. The maximum Gasteiger partial charge on any atom is 0.191 e. The molecule has 23 heavy (non-hydrogen) atoms. The molecule has 0 saturated heterocycles. The zero-order valence-electron chi connectivity index (χ0n) is 14.6. The van der Waals surface area contributed by atoms with Gasteiger partial charge >= 0.3 is 0 Å². The molecule has 1 aromatic carbocycles. The third kappa shape index (κ3) is 8.50. The Hall–Kier alpha value is -0.890. The normalized spacial score (nSPS) is 12.7. The van der Waals surface area contributed by atoms with E-state index in [0.29, 0.717) is 6.54 Å². The van der Waals surface area contributed by atoms with Crippen LogP contribution in [0.2, 0.25) is 0 Å². The van der Waals surface area contributed by atoms with E-state index in [1.165, 1.54) is 18.9 Å². The van der Waals surface area contributed by atoms with E-state index in [2.05, 4.69) is 27.4 Å². The summed E-state index contributed by atoms with van der Waals surface area (Å²) < 4.78 is 13.4. The van der Waals surface area contributed by atoms with E-state index in [1.807, 2.05) is 20.2 Å². The molecule has 0 saturated carbocycles. The predicted molar refractivity (Wildman–Crippen MR) is 107 cm³/mol.